The quantitative estimate of drug-likeness (QED) is 0.538. The van der Waals surface area contributed by atoms with Crippen LogP contribution in [0.25, 0.3) is 0 Å². The number of hydrogen-bond donors (Lipinski definition) is 2. The summed E-state index contributed by atoms with van der Waals surface area (Å²) in [5, 5.41) is 16.8. The predicted octanol–water partition coefficient (Wildman–Crippen LogP) is 0.452. The summed E-state index contributed by atoms with van der Waals surface area (Å²) in [6, 6.07) is 0. The van der Waals surface area contributed by atoms with Crippen LogP contribution in [0.2, 0.25) is 0 Å². The van der Waals surface area contributed by atoms with E-state index in [-0.39, 0.29) is 6.61 Å². The third-order valence-corrected chi connectivity index (χ3v) is 0.549. The van der Waals surface area contributed by atoms with E-state index in [9.17, 15) is 4.79 Å². The van der Waals surface area contributed by atoms with Crippen molar-refractivity contribution in [3.63, 3.8) is 0 Å². The second kappa shape index (κ2) is 2.68. The van der Waals surface area contributed by atoms with E-state index in [1.165, 1.54) is 13.8 Å². The summed E-state index contributed by atoms with van der Waals surface area (Å²) in [5.74, 6) is 0. The second-order valence-electron chi connectivity index (χ2n) is 2.37. The Labute approximate surface area is 53.1 Å². The highest BCUT2D eigenvalue weighted by Crippen LogP contribution is 2.00. The van der Waals surface area contributed by atoms with Crippen molar-refractivity contribution in [1.29, 1.82) is 0 Å². The zero-order valence-electron chi connectivity index (χ0n) is 5.42. The summed E-state index contributed by atoms with van der Waals surface area (Å²) >= 11 is 0. The Bertz CT molecular complexity index is 102. The molecule has 0 radical (unpaired) electrons. The Balaban J connectivity index is 3.39. The van der Waals surface area contributed by atoms with Crippen LogP contribution in [0, 0.1) is 0 Å². The fourth-order valence-electron chi connectivity index (χ4n) is 0.238. The number of carbonyl (C=O) groups is 1. The lowest BCUT2D eigenvalue weighted by molar-refractivity contribution is -0.00894. The van der Waals surface area contributed by atoms with Gasteiger partial charge in [0.2, 0.25) is 0 Å². The van der Waals surface area contributed by atoms with Gasteiger partial charge in [0.05, 0.1) is 5.60 Å². The Morgan fingerprint density at radius 3 is 2.22 bits per heavy atom. The van der Waals surface area contributed by atoms with Crippen LogP contribution < -0.4 is 0 Å². The largest absolute Gasteiger partial charge is 0.505 e. The van der Waals surface area contributed by atoms with Gasteiger partial charge in [-0.1, -0.05) is 0 Å². The Morgan fingerprint density at radius 1 is 1.67 bits per heavy atom. The maximum atomic E-state index is 9.71. The smallest absolute Gasteiger partial charge is 0.450 e. The van der Waals surface area contributed by atoms with Crippen LogP contribution in [0.1, 0.15) is 13.8 Å². The maximum Gasteiger partial charge on any atom is 0.505 e. The SMILES string of the molecule is CC(C)(O)COC(=O)O. The number of aliphatic hydroxyl groups is 1. The molecule has 0 heterocycles. The summed E-state index contributed by atoms with van der Waals surface area (Å²) in [5.41, 5.74) is -1.07. The van der Waals surface area contributed by atoms with E-state index < -0.39 is 11.8 Å². The molecule has 9 heavy (non-hydrogen) atoms. The first-order chi connectivity index (χ1) is 3.92. The molecule has 0 saturated carbocycles. The zero-order chi connectivity index (χ0) is 7.49. The lowest BCUT2D eigenvalue weighted by Crippen LogP contribution is -2.27. The topological polar surface area (TPSA) is 66.8 Å². The first-order valence-electron chi connectivity index (χ1n) is 2.50. The van der Waals surface area contributed by atoms with Gasteiger partial charge in [0.25, 0.3) is 0 Å². The van der Waals surface area contributed by atoms with Crippen LogP contribution in [0.15, 0.2) is 0 Å². The molecule has 0 atom stereocenters. The van der Waals surface area contributed by atoms with Gasteiger partial charge in [-0.05, 0) is 13.8 Å². The predicted molar refractivity (Wildman–Crippen MR) is 30.3 cm³/mol. The molecule has 0 rings (SSSR count). The maximum absolute atomic E-state index is 9.71. The molecule has 4 heteroatoms. The molecule has 0 unspecified atom stereocenters. The first kappa shape index (κ1) is 8.23. The molecule has 54 valence electrons. The van der Waals surface area contributed by atoms with Crippen LogP contribution in [0.5, 0.6) is 0 Å². The average molecular weight is 134 g/mol. The average Bonchev–Trinajstić information content (AvgIpc) is 1.59. The van der Waals surface area contributed by atoms with Gasteiger partial charge in [0, 0.05) is 0 Å². The number of ether oxygens (including phenoxy) is 1. The van der Waals surface area contributed by atoms with Gasteiger partial charge in [-0.2, -0.15) is 0 Å². The molecule has 0 spiro atoms. The Hall–Kier alpha value is -0.770. The van der Waals surface area contributed by atoms with Crippen molar-refractivity contribution in [2.75, 3.05) is 6.61 Å². The van der Waals surface area contributed by atoms with Crippen molar-refractivity contribution in [3.8, 4) is 0 Å². The second-order valence-corrected chi connectivity index (χ2v) is 2.37. The van der Waals surface area contributed by atoms with Gasteiger partial charge in [0.1, 0.15) is 6.61 Å². The summed E-state index contributed by atoms with van der Waals surface area (Å²) < 4.78 is 4.07. The van der Waals surface area contributed by atoms with Crippen LogP contribution in [0.3, 0.4) is 0 Å². The van der Waals surface area contributed by atoms with E-state index in [0.717, 1.165) is 0 Å². The molecule has 0 amide bonds. The summed E-state index contributed by atoms with van der Waals surface area (Å²) in [6.45, 7) is 2.74. The highest BCUT2D eigenvalue weighted by molar-refractivity contribution is 5.56. The molecule has 0 aromatic rings. The van der Waals surface area contributed by atoms with E-state index in [2.05, 4.69) is 4.74 Å². The standard InChI is InChI=1S/C5H10O4/c1-5(2,8)3-9-4(6)7/h8H,3H2,1-2H3,(H,6,7). The molecular weight excluding hydrogens is 124 g/mol. The Kier molecular flexibility index (Phi) is 2.45. The van der Waals surface area contributed by atoms with Crippen LogP contribution in [-0.2, 0) is 4.74 Å². The molecule has 0 bridgehead atoms. The zero-order valence-corrected chi connectivity index (χ0v) is 5.42. The molecule has 4 nitrogen and oxygen atoms in total. The summed E-state index contributed by atoms with van der Waals surface area (Å²) in [6.07, 6.45) is -1.36. The van der Waals surface area contributed by atoms with Crippen LogP contribution in [0.4, 0.5) is 4.79 Å². The van der Waals surface area contributed by atoms with Gasteiger partial charge in [-0.25, -0.2) is 4.79 Å². The monoisotopic (exact) mass is 134 g/mol. The lowest BCUT2D eigenvalue weighted by atomic mass is 10.2. The molecule has 0 aliphatic heterocycles. The third kappa shape index (κ3) is 7.23. The molecule has 0 aliphatic rings. The van der Waals surface area contributed by atoms with E-state index in [4.69, 9.17) is 10.2 Å². The first-order valence-corrected chi connectivity index (χ1v) is 2.50. The fourth-order valence-corrected chi connectivity index (χ4v) is 0.238. The molecule has 0 aliphatic carbocycles. The molecule has 2 N–H and O–H groups in total. The van der Waals surface area contributed by atoms with Crippen LogP contribution in [-0.4, -0.2) is 28.6 Å². The molecule has 0 aromatic heterocycles. The van der Waals surface area contributed by atoms with Gasteiger partial charge in [-0.15, -0.1) is 0 Å². The van der Waals surface area contributed by atoms with Crippen molar-refractivity contribution in [3.05, 3.63) is 0 Å². The molecule has 0 aromatic carbocycles. The van der Waals surface area contributed by atoms with Gasteiger partial charge < -0.3 is 14.9 Å². The third-order valence-electron chi connectivity index (χ3n) is 0.549. The van der Waals surface area contributed by atoms with Crippen molar-refractivity contribution < 1.29 is 19.7 Å². The van der Waals surface area contributed by atoms with E-state index >= 15 is 0 Å². The molecule has 0 fully saturated rings. The number of hydrogen-bond acceptors (Lipinski definition) is 3. The van der Waals surface area contributed by atoms with Gasteiger partial charge >= 0.3 is 6.16 Å². The normalized spacial score (nSPS) is 11.0. The fraction of sp³-hybridized carbons (Fsp3) is 0.800. The van der Waals surface area contributed by atoms with Gasteiger partial charge in [0.15, 0.2) is 0 Å². The Morgan fingerprint density at radius 2 is 2.11 bits per heavy atom. The van der Waals surface area contributed by atoms with Crippen molar-refractivity contribution in [1.82, 2.24) is 0 Å². The van der Waals surface area contributed by atoms with E-state index in [0.29, 0.717) is 0 Å². The highest BCUT2D eigenvalue weighted by Gasteiger charge is 2.14. The van der Waals surface area contributed by atoms with Crippen molar-refractivity contribution in [2.24, 2.45) is 0 Å². The number of rotatable bonds is 2. The van der Waals surface area contributed by atoms with E-state index in [1.807, 2.05) is 0 Å². The lowest BCUT2D eigenvalue weighted by Gasteiger charge is -2.14. The number of carboxylic acid groups (broad SMARTS) is 1. The summed E-state index contributed by atoms with van der Waals surface area (Å²) in [4.78, 5) is 9.71. The van der Waals surface area contributed by atoms with Crippen molar-refractivity contribution >= 4 is 6.16 Å². The minimum Gasteiger partial charge on any atom is -0.450 e. The minimum atomic E-state index is -1.36. The van der Waals surface area contributed by atoms with Crippen molar-refractivity contribution in [2.45, 2.75) is 19.4 Å². The van der Waals surface area contributed by atoms with Gasteiger partial charge in [-0.3, -0.25) is 0 Å². The molecule has 0 saturated heterocycles. The summed E-state index contributed by atoms with van der Waals surface area (Å²) in [7, 11) is 0. The minimum absolute atomic E-state index is 0.192. The highest BCUT2D eigenvalue weighted by atomic mass is 16.7. The van der Waals surface area contributed by atoms with Crippen LogP contribution >= 0.6 is 0 Å². The molecular formula is C5H10O4. The van der Waals surface area contributed by atoms with E-state index in [1.54, 1.807) is 0 Å².